The fraction of sp³-hybridized carbons (Fsp3) is 0.533. The van der Waals surface area contributed by atoms with E-state index >= 15 is 0 Å². The second-order valence-electron chi connectivity index (χ2n) is 4.85. The van der Waals surface area contributed by atoms with Gasteiger partial charge in [0.25, 0.3) is 0 Å². The summed E-state index contributed by atoms with van der Waals surface area (Å²) in [6.07, 6.45) is 3.06. The molecule has 0 saturated heterocycles. The summed E-state index contributed by atoms with van der Waals surface area (Å²) in [6, 6.07) is 8.05. The summed E-state index contributed by atoms with van der Waals surface area (Å²) in [5.41, 5.74) is 2.01. The molecular formula is C15H25N3OS. The van der Waals surface area contributed by atoms with Gasteiger partial charge in [0.05, 0.1) is 0 Å². The van der Waals surface area contributed by atoms with Crippen LogP contribution < -0.4 is 16.0 Å². The van der Waals surface area contributed by atoms with Gasteiger partial charge < -0.3 is 16.0 Å². The fourth-order valence-electron chi connectivity index (χ4n) is 1.70. The number of rotatable bonds is 7. The minimum Gasteiger partial charge on any atom is -0.338 e. The van der Waals surface area contributed by atoms with Crippen molar-refractivity contribution in [1.29, 1.82) is 0 Å². The summed E-state index contributed by atoms with van der Waals surface area (Å²) in [5.74, 6) is 0. The molecule has 5 heteroatoms. The lowest BCUT2D eigenvalue weighted by atomic mass is 10.1. The van der Waals surface area contributed by atoms with Gasteiger partial charge >= 0.3 is 6.03 Å². The topological polar surface area (TPSA) is 53.2 Å². The zero-order valence-corrected chi connectivity index (χ0v) is 13.5. The number of hydrogen-bond acceptors (Lipinski definition) is 3. The van der Waals surface area contributed by atoms with Crippen LogP contribution >= 0.6 is 11.8 Å². The minimum atomic E-state index is -0.146. The zero-order chi connectivity index (χ0) is 15.0. The first-order valence-electron chi connectivity index (χ1n) is 6.91. The molecule has 4 nitrogen and oxygen atoms in total. The van der Waals surface area contributed by atoms with Crippen molar-refractivity contribution >= 4 is 23.5 Å². The van der Waals surface area contributed by atoms with Crippen molar-refractivity contribution in [3.05, 3.63) is 29.8 Å². The van der Waals surface area contributed by atoms with Gasteiger partial charge in [-0.2, -0.15) is 11.8 Å². The highest BCUT2D eigenvalue weighted by Gasteiger charge is 2.05. The van der Waals surface area contributed by atoms with Crippen molar-refractivity contribution in [2.45, 2.75) is 31.6 Å². The van der Waals surface area contributed by atoms with Gasteiger partial charge in [0.2, 0.25) is 0 Å². The van der Waals surface area contributed by atoms with E-state index in [0.29, 0.717) is 17.8 Å². The molecule has 0 aliphatic carbocycles. The van der Waals surface area contributed by atoms with Gasteiger partial charge in [0, 0.05) is 23.5 Å². The molecule has 0 aliphatic rings. The summed E-state index contributed by atoms with van der Waals surface area (Å²) in [5, 5.41) is 9.46. The number of benzene rings is 1. The first-order chi connectivity index (χ1) is 9.56. The van der Waals surface area contributed by atoms with Gasteiger partial charge in [-0.3, -0.25) is 0 Å². The van der Waals surface area contributed by atoms with Gasteiger partial charge in [0.1, 0.15) is 0 Å². The van der Waals surface area contributed by atoms with E-state index in [1.807, 2.05) is 43.1 Å². The van der Waals surface area contributed by atoms with E-state index in [1.165, 1.54) is 5.56 Å². The summed E-state index contributed by atoms with van der Waals surface area (Å²) >= 11 is 1.81. The van der Waals surface area contributed by atoms with E-state index in [4.69, 9.17) is 0 Å². The van der Waals surface area contributed by atoms with E-state index in [9.17, 15) is 4.79 Å². The molecule has 0 aliphatic heterocycles. The molecule has 1 aromatic rings. The van der Waals surface area contributed by atoms with Crippen LogP contribution in [0.1, 0.15) is 31.9 Å². The monoisotopic (exact) mass is 295 g/mol. The highest BCUT2D eigenvalue weighted by atomic mass is 32.2. The number of amides is 2. The van der Waals surface area contributed by atoms with E-state index in [1.54, 1.807) is 0 Å². The Kier molecular flexibility index (Phi) is 7.47. The predicted molar refractivity (Wildman–Crippen MR) is 88.5 cm³/mol. The Morgan fingerprint density at radius 3 is 2.45 bits per heavy atom. The quantitative estimate of drug-likeness (QED) is 0.724. The molecule has 1 rings (SSSR count). The van der Waals surface area contributed by atoms with Gasteiger partial charge in [-0.1, -0.05) is 19.1 Å². The molecule has 0 saturated carbocycles. The predicted octanol–water partition coefficient (Wildman–Crippen LogP) is 3.23. The third-order valence-corrected chi connectivity index (χ3v) is 4.38. The van der Waals surface area contributed by atoms with Gasteiger partial charge in [-0.15, -0.1) is 0 Å². The number of nitrogens with one attached hydrogen (secondary N) is 3. The fourth-order valence-corrected chi connectivity index (χ4v) is 2.06. The molecule has 0 heterocycles. The molecule has 0 radical (unpaired) electrons. The summed E-state index contributed by atoms with van der Waals surface area (Å²) in [4.78, 5) is 11.7. The Bertz CT molecular complexity index is 408. The highest BCUT2D eigenvalue weighted by Crippen LogP contribution is 2.15. The molecule has 2 atom stereocenters. The van der Waals surface area contributed by atoms with Crippen LogP contribution in [0.15, 0.2) is 24.3 Å². The lowest BCUT2D eigenvalue weighted by Crippen LogP contribution is -2.30. The normalized spacial score (nSPS) is 13.6. The van der Waals surface area contributed by atoms with Crippen molar-refractivity contribution in [1.82, 2.24) is 10.6 Å². The Morgan fingerprint density at radius 1 is 1.25 bits per heavy atom. The van der Waals surface area contributed by atoms with Crippen molar-refractivity contribution in [2.24, 2.45) is 0 Å². The number of carbonyl (C=O) groups excluding carboxylic acids is 1. The average Bonchev–Trinajstić information content (AvgIpc) is 2.47. The molecule has 0 fully saturated rings. The number of urea groups is 1. The van der Waals surface area contributed by atoms with Crippen LogP contribution in [-0.2, 0) is 0 Å². The standard InChI is InChI=1S/C15H25N3OS/c1-11(20-4)9-10-17-15(19)18-14-7-5-13(6-8-14)12(2)16-3/h5-8,11-12,16H,9-10H2,1-4H3,(H2,17,18,19). The van der Waals surface area contributed by atoms with Gasteiger partial charge in [-0.25, -0.2) is 4.79 Å². The van der Waals surface area contributed by atoms with Crippen molar-refractivity contribution in [2.75, 3.05) is 25.2 Å². The second kappa shape index (κ2) is 8.87. The maximum Gasteiger partial charge on any atom is 0.319 e. The Morgan fingerprint density at radius 2 is 1.90 bits per heavy atom. The molecule has 1 aromatic carbocycles. The molecule has 0 aromatic heterocycles. The van der Waals surface area contributed by atoms with Crippen LogP contribution in [-0.4, -0.2) is 31.1 Å². The number of thioether (sulfide) groups is 1. The van der Waals surface area contributed by atoms with Crippen LogP contribution in [0.25, 0.3) is 0 Å². The highest BCUT2D eigenvalue weighted by molar-refractivity contribution is 7.99. The van der Waals surface area contributed by atoms with Gasteiger partial charge in [-0.05, 0) is 44.3 Å². The molecule has 112 valence electrons. The second-order valence-corrected chi connectivity index (χ2v) is 6.12. The summed E-state index contributed by atoms with van der Waals surface area (Å²) < 4.78 is 0. The van der Waals surface area contributed by atoms with E-state index < -0.39 is 0 Å². The van der Waals surface area contributed by atoms with E-state index in [0.717, 1.165) is 12.1 Å². The van der Waals surface area contributed by atoms with Gasteiger partial charge in [0.15, 0.2) is 0 Å². The first-order valence-corrected chi connectivity index (χ1v) is 8.20. The average molecular weight is 295 g/mol. The molecule has 0 spiro atoms. The van der Waals surface area contributed by atoms with Crippen LogP contribution in [0.5, 0.6) is 0 Å². The summed E-state index contributed by atoms with van der Waals surface area (Å²) in [7, 11) is 1.93. The smallest absolute Gasteiger partial charge is 0.319 e. The molecule has 0 bridgehead atoms. The van der Waals surface area contributed by atoms with Crippen molar-refractivity contribution < 1.29 is 4.79 Å². The number of carbonyl (C=O) groups is 1. The summed E-state index contributed by atoms with van der Waals surface area (Å²) in [6.45, 7) is 4.96. The van der Waals surface area contributed by atoms with Crippen LogP contribution in [0.2, 0.25) is 0 Å². The van der Waals surface area contributed by atoms with Crippen LogP contribution in [0, 0.1) is 0 Å². The number of hydrogen-bond donors (Lipinski definition) is 3. The third-order valence-electron chi connectivity index (χ3n) is 3.34. The molecule has 3 N–H and O–H groups in total. The molecule has 2 unspecified atom stereocenters. The Balaban J connectivity index is 2.38. The van der Waals surface area contributed by atoms with Crippen molar-refractivity contribution in [3.63, 3.8) is 0 Å². The third kappa shape index (κ3) is 5.84. The van der Waals surface area contributed by atoms with Crippen LogP contribution in [0.4, 0.5) is 10.5 Å². The zero-order valence-electron chi connectivity index (χ0n) is 12.7. The van der Waals surface area contributed by atoms with E-state index in [2.05, 4.69) is 36.1 Å². The number of anilines is 1. The van der Waals surface area contributed by atoms with Crippen LogP contribution in [0.3, 0.4) is 0 Å². The molecular weight excluding hydrogens is 270 g/mol. The Labute approximate surface area is 126 Å². The first kappa shape index (κ1) is 16.9. The van der Waals surface area contributed by atoms with Crippen molar-refractivity contribution in [3.8, 4) is 0 Å². The maximum atomic E-state index is 11.7. The largest absolute Gasteiger partial charge is 0.338 e. The van der Waals surface area contributed by atoms with E-state index in [-0.39, 0.29) is 6.03 Å². The minimum absolute atomic E-state index is 0.146. The lowest BCUT2D eigenvalue weighted by molar-refractivity contribution is 0.252. The Hall–Kier alpha value is -1.20. The maximum absolute atomic E-state index is 11.7. The molecule has 2 amide bonds. The lowest BCUT2D eigenvalue weighted by Gasteiger charge is -2.12. The SMILES string of the molecule is CNC(C)c1ccc(NC(=O)NCCC(C)SC)cc1. The molecule has 20 heavy (non-hydrogen) atoms.